The van der Waals surface area contributed by atoms with Crippen molar-refractivity contribution in [3.05, 3.63) is 23.3 Å². The minimum absolute atomic E-state index is 0.634. The third kappa shape index (κ3) is 2.66. The topological polar surface area (TPSA) is 38.0 Å². The van der Waals surface area contributed by atoms with E-state index in [4.69, 9.17) is 5.73 Å². The fourth-order valence-corrected chi connectivity index (χ4v) is 1.55. The lowest BCUT2D eigenvalue weighted by molar-refractivity contribution is 0.689. The minimum atomic E-state index is 0.634. The van der Waals surface area contributed by atoms with E-state index in [1.807, 2.05) is 6.07 Å². The number of nitrogen functional groups attached to an aromatic ring is 1. The first-order valence-corrected chi connectivity index (χ1v) is 5.11. The zero-order valence-electron chi connectivity index (χ0n) is 9.52. The Labute approximate surface area is 86.5 Å². The summed E-state index contributed by atoms with van der Waals surface area (Å²) in [7, 11) is 0. The van der Waals surface area contributed by atoms with Crippen LogP contribution in [-0.2, 0) is 0 Å². The standard InChI is InChI=1S/C12H20N2/c1-8(2)7-14-12-10(4)5-9(3)6-11(12)13/h5-6,8,14H,7,13H2,1-4H3. The lowest BCUT2D eigenvalue weighted by atomic mass is 10.1. The van der Waals surface area contributed by atoms with E-state index < -0.39 is 0 Å². The third-order valence-corrected chi connectivity index (χ3v) is 2.20. The van der Waals surface area contributed by atoms with Crippen molar-refractivity contribution in [2.75, 3.05) is 17.6 Å². The molecule has 0 heterocycles. The van der Waals surface area contributed by atoms with Crippen LogP contribution in [0.4, 0.5) is 11.4 Å². The average molecular weight is 192 g/mol. The van der Waals surface area contributed by atoms with Crippen molar-refractivity contribution >= 4 is 11.4 Å². The van der Waals surface area contributed by atoms with Crippen molar-refractivity contribution in [1.29, 1.82) is 0 Å². The number of nitrogens with one attached hydrogen (secondary N) is 1. The first kappa shape index (κ1) is 10.9. The number of nitrogens with two attached hydrogens (primary N) is 1. The monoisotopic (exact) mass is 192 g/mol. The van der Waals surface area contributed by atoms with Crippen LogP contribution in [0.25, 0.3) is 0 Å². The highest BCUT2D eigenvalue weighted by Crippen LogP contribution is 2.24. The van der Waals surface area contributed by atoms with Crippen molar-refractivity contribution in [3.8, 4) is 0 Å². The number of hydrogen-bond acceptors (Lipinski definition) is 2. The molecule has 0 spiro atoms. The van der Waals surface area contributed by atoms with Crippen LogP contribution in [-0.4, -0.2) is 6.54 Å². The van der Waals surface area contributed by atoms with Crippen molar-refractivity contribution in [3.63, 3.8) is 0 Å². The Kier molecular flexibility index (Phi) is 3.39. The summed E-state index contributed by atoms with van der Waals surface area (Å²) in [6.07, 6.45) is 0. The molecule has 0 saturated heterocycles. The molecule has 0 aliphatic carbocycles. The number of hydrogen-bond donors (Lipinski definition) is 2. The van der Waals surface area contributed by atoms with Gasteiger partial charge in [0.2, 0.25) is 0 Å². The molecular weight excluding hydrogens is 172 g/mol. The molecule has 0 unspecified atom stereocenters. The highest BCUT2D eigenvalue weighted by Gasteiger charge is 2.04. The molecule has 2 heteroatoms. The Morgan fingerprint density at radius 2 is 1.93 bits per heavy atom. The maximum Gasteiger partial charge on any atom is 0.0603 e. The van der Waals surface area contributed by atoms with E-state index in [1.54, 1.807) is 0 Å². The predicted molar refractivity (Wildman–Crippen MR) is 63.7 cm³/mol. The zero-order valence-corrected chi connectivity index (χ0v) is 9.52. The first-order valence-electron chi connectivity index (χ1n) is 5.11. The van der Waals surface area contributed by atoms with Gasteiger partial charge in [0, 0.05) is 6.54 Å². The van der Waals surface area contributed by atoms with Crippen molar-refractivity contribution < 1.29 is 0 Å². The minimum Gasteiger partial charge on any atom is -0.397 e. The highest BCUT2D eigenvalue weighted by molar-refractivity contribution is 5.71. The molecule has 0 radical (unpaired) electrons. The molecule has 0 saturated carbocycles. The van der Waals surface area contributed by atoms with E-state index in [0.29, 0.717) is 5.92 Å². The van der Waals surface area contributed by atoms with Gasteiger partial charge in [-0.25, -0.2) is 0 Å². The predicted octanol–water partition coefficient (Wildman–Crippen LogP) is 2.95. The van der Waals surface area contributed by atoms with Crippen LogP contribution in [0.3, 0.4) is 0 Å². The molecule has 0 bridgehead atoms. The van der Waals surface area contributed by atoms with E-state index >= 15 is 0 Å². The van der Waals surface area contributed by atoms with Gasteiger partial charge in [-0.2, -0.15) is 0 Å². The summed E-state index contributed by atoms with van der Waals surface area (Å²) >= 11 is 0. The van der Waals surface area contributed by atoms with Gasteiger partial charge in [-0.15, -0.1) is 0 Å². The summed E-state index contributed by atoms with van der Waals surface area (Å²) in [6.45, 7) is 9.50. The summed E-state index contributed by atoms with van der Waals surface area (Å²) in [5.74, 6) is 0.634. The van der Waals surface area contributed by atoms with Crippen LogP contribution in [0, 0.1) is 19.8 Å². The van der Waals surface area contributed by atoms with Gasteiger partial charge in [0.1, 0.15) is 0 Å². The number of rotatable bonds is 3. The van der Waals surface area contributed by atoms with E-state index in [2.05, 4.69) is 39.1 Å². The molecule has 0 aromatic heterocycles. The summed E-state index contributed by atoms with van der Waals surface area (Å²) in [6, 6.07) is 4.16. The Balaban J connectivity index is 2.86. The fourth-order valence-electron chi connectivity index (χ4n) is 1.55. The number of aryl methyl sites for hydroxylation is 2. The van der Waals surface area contributed by atoms with Crippen LogP contribution in [0.2, 0.25) is 0 Å². The molecule has 1 aromatic carbocycles. The van der Waals surface area contributed by atoms with Gasteiger partial charge in [0.05, 0.1) is 11.4 Å². The van der Waals surface area contributed by atoms with Crippen molar-refractivity contribution in [2.24, 2.45) is 5.92 Å². The molecule has 0 aliphatic rings. The molecule has 1 rings (SSSR count). The van der Waals surface area contributed by atoms with Gasteiger partial charge in [0.15, 0.2) is 0 Å². The maximum atomic E-state index is 5.95. The highest BCUT2D eigenvalue weighted by atomic mass is 14.9. The number of anilines is 2. The zero-order chi connectivity index (χ0) is 10.7. The van der Waals surface area contributed by atoms with Crippen LogP contribution in [0.1, 0.15) is 25.0 Å². The second kappa shape index (κ2) is 4.36. The Bertz CT molecular complexity index is 293. The van der Waals surface area contributed by atoms with Crippen LogP contribution < -0.4 is 11.1 Å². The third-order valence-electron chi connectivity index (χ3n) is 2.20. The fraction of sp³-hybridized carbons (Fsp3) is 0.500. The lowest BCUT2D eigenvalue weighted by Gasteiger charge is -2.14. The quantitative estimate of drug-likeness (QED) is 0.723. The molecule has 0 fully saturated rings. The Morgan fingerprint density at radius 1 is 1.29 bits per heavy atom. The van der Waals surface area contributed by atoms with E-state index in [1.165, 1.54) is 11.1 Å². The van der Waals surface area contributed by atoms with Crippen molar-refractivity contribution in [2.45, 2.75) is 27.7 Å². The first-order chi connectivity index (χ1) is 6.50. The molecule has 0 aliphatic heterocycles. The largest absolute Gasteiger partial charge is 0.397 e. The van der Waals surface area contributed by atoms with Crippen molar-refractivity contribution in [1.82, 2.24) is 0 Å². The SMILES string of the molecule is Cc1cc(C)c(NCC(C)C)c(N)c1. The van der Waals surface area contributed by atoms with Gasteiger partial charge in [-0.05, 0) is 37.0 Å². The molecule has 0 amide bonds. The van der Waals surface area contributed by atoms with Gasteiger partial charge in [-0.3, -0.25) is 0 Å². The summed E-state index contributed by atoms with van der Waals surface area (Å²) in [5, 5.41) is 3.38. The van der Waals surface area contributed by atoms with Gasteiger partial charge < -0.3 is 11.1 Å². The van der Waals surface area contributed by atoms with Crippen LogP contribution >= 0.6 is 0 Å². The van der Waals surface area contributed by atoms with Crippen LogP contribution in [0.15, 0.2) is 12.1 Å². The Hall–Kier alpha value is -1.18. The smallest absolute Gasteiger partial charge is 0.0603 e. The van der Waals surface area contributed by atoms with Crippen LogP contribution in [0.5, 0.6) is 0 Å². The molecule has 0 atom stereocenters. The average Bonchev–Trinajstić information content (AvgIpc) is 2.01. The Morgan fingerprint density at radius 3 is 2.43 bits per heavy atom. The molecular formula is C12H20N2. The summed E-state index contributed by atoms with van der Waals surface area (Å²) in [5.41, 5.74) is 10.3. The van der Waals surface area contributed by atoms with Gasteiger partial charge in [-0.1, -0.05) is 19.9 Å². The normalized spacial score (nSPS) is 10.6. The van der Waals surface area contributed by atoms with Gasteiger partial charge >= 0.3 is 0 Å². The molecule has 3 N–H and O–H groups in total. The lowest BCUT2D eigenvalue weighted by Crippen LogP contribution is -2.10. The second-order valence-electron chi connectivity index (χ2n) is 4.32. The maximum absolute atomic E-state index is 5.95. The molecule has 78 valence electrons. The summed E-state index contributed by atoms with van der Waals surface area (Å²) < 4.78 is 0. The van der Waals surface area contributed by atoms with E-state index in [9.17, 15) is 0 Å². The second-order valence-corrected chi connectivity index (χ2v) is 4.32. The molecule has 2 nitrogen and oxygen atoms in total. The molecule has 14 heavy (non-hydrogen) atoms. The van der Waals surface area contributed by atoms with E-state index in [0.717, 1.165) is 17.9 Å². The summed E-state index contributed by atoms with van der Waals surface area (Å²) in [4.78, 5) is 0. The van der Waals surface area contributed by atoms with Gasteiger partial charge in [0.25, 0.3) is 0 Å². The number of benzene rings is 1. The van der Waals surface area contributed by atoms with E-state index in [-0.39, 0.29) is 0 Å². The molecule has 1 aromatic rings.